The molecule has 3 heteroatoms. The molecule has 4 rings (SSSR count). The van der Waals surface area contributed by atoms with Gasteiger partial charge in [0.25, 0.3) is 0 Å². The number of ether oxygens (including phenoxy) is 1. The number of benzene rings is 1. The van der Waals surface area contributed by atoms with E-state index >= 15 is 0 Å². The van der Waals surface area contributed by atoms with Crippen LogP contribution in [0.4, 0.5) is 0 Å². The maximum Gasteiger partial charge on any atom is 0.0781 e. The lowest BCUT2D eigenvalue weighted by Gasteiger charge is -2.39. The van der Waals surface area contributed by atoms with Gasteiger partial charge in [0, 0.05) is 31.9 Å². The van der Waals surface area contributed by atoms with Crippen LogP contribution in [0.15, 0.2) is 42.1 Å². The van der Waals surface area contributed by atoms with Crippen LogP contribution in [0.3, 0.4) is 0 Å². The molecule has 1 N–H and O–H groups in total. The van der Waals surface area contributed by atoms with Gasteiger partial charge in [-0.25, -0.2) is 0 Å². The molecular weight excluding hydrogens is 332 g/mol. The van der Waals surface area contributed by atoms with Crippen molar-refractivity contribution < 1.29 is 4.74 Å². The second-order valence-corrected chi connectivity index (χ2v) is 9.47. The van der Waals surface area contributed by atoms with Gasteiger partial charge >= 0.3 is 0 Å². The van der Waals surface area contributed by atoms with Crippen molar-refractivity contribution in [3.63, 3.8) is 0 Å². The zero-order chi connectivity index (χ0) is 19.1. The standard InChI is InChI=1S/C24H34N2O/c1-18-6-5-11-24(4,25-18)22-8-7-21-17-26(12-9-20(21)14-22)16-19-10-13-27-23(2,3)15-19/h5-8,11,14,19,25H,9-10,12-13,15-17H2,1-4H3. The van der Waals surface area contributed by atoms with Gasteiger partial charge in [-0.3, -0.25) is 4.90 Å². The highest BCUT2D eigenvalue weighted by Crippen LogP contribution is 2.32. The molecule has 0 saturated carbocycles. The molecule has 1 aromatic rings. The van der Waals surface area contributed by atoms with Gasteiger partial charge in [0.1, 0.15) is 0 Å². The van der Waals surface area contributed by atoms with Crippen LogP contribution < -0.4 is 5.32 Å². The van der Waals surface area contributed by atoms with E-state index in [1.54, 1.807) is 0 Å². The van der Waals surface area contributed by atoms with Crippen molar-refractivity contribution in [3.8, 4) is 0 Å². The van der Waals surface area contributed by atoms with Gasteiger partial charge in [-0.2, -0.15) is 0 Å². The van der Waals surface area contributed by atoms with Crippen LogP contribution >= 0.6 is 0 Å². The first-order chi connectivity index (χ1) is 12.8. The van der Waals surface area contributed by atoms with Crippen LogP contribution in [0.1, 0.15) is 57.2 Å². The highest BCUT2D eigenvalue weighted by molar-refractivity contribution is 5.41. The lowest BCUT2D eigenvalue weighted by Crippen LogP contribution is -2.41. The van der Waals surface area contributed by atoms with Crippen LogP contribution in [0.2, 0.25) is 0 Å². The Morgan fingerprint density at radius 2 is 2.07 bits per heavy atom. The summed E-state index contributed by atoms with van der Waals surface area (Å²) in [6.07, 6.45) is 10.1. The number of nitrogens with zero attached hydrogens (tertiary/aromatic N) is 1. The van der Waals surface area contributed by atoms with Gasteiger partial charge in [-0.1, -0.05) is 30.4 Å². The van der Waals surface area contributed by atoms with Crippen LogP contribution in [0.5, 0.6) is 0 Å². The van der Waals surface area contributed by atoms with E-state index in [2.05, 4.69) is 74.3 Å². The van der Waals surface area contributed by atoms with Crippen molar-refractivity contribution in [1.82, 2.24) is 10.2 Å². The van der Waals surface area contributed by atoms with Gasteiger partial charge in [0.05, 0.1) is 11.1 Å². The molecule has 1 fully saturated rings. The van der Waals surface area contributed by atoms with Crippen molar-refractivity contribution in [3.05, 3.63) is 58.8 Å². The van der Waals surface area contributed by atoms with Crippen LogP contribution in [-0.2, 0) is 23.2 Å². The Bertz CT molecular complexity index is 764. The summed E-state index contributed by atoms with van der Waals surface area (Å²) in [6.45, 7) is 13.3. The molecule has 0 spiro atoms. The van der Waals surface area contributed by atoms with Crippen LogP contribution in [0.25, 0.3) is 0 Å². The van der Waals surface area contributed by atoms with Gasteiger partial charge in [-0.15, -0.1) is 0 Å². The van der Waals surface area contributed by atoms with Crippen LogP contribution in [0, 0.1) is 5.92 Å². The largest absolute Gasteiger partial charge is 0.376 e. The molecule has 0 bridgehead atoms. The minimum Gasteiger partial charge on any atom is -0.376 e. The molecule has 2 unspecified atom stereocenters. The van der Waals surface area contributed by atoms with Crippen molar-refractivity contribution in [1.29, 1.82) is 0 Å². The summed E-state index contributed by atoms with van der Waals surface area (Å²) in [5.41, 5.74) is 5.58. The number of dihydropyridines is 1. The predicted molar refractivity (Wildman–Crippen MR) is 112 cm³/mol. The molecule has 146 valence electrons. The van der Waals surface area contributed by atoms with Gasteiger partial charge in [0.15, 0.2) is 0 Å². The molecule has 0 radical (unpaired) electrons. The molecule has 2 atom stereocenters. The predicted octanol–water partition coefficient (Wildman–Crippen LogP) is 4.53. The Morgan fingerprint density at radius 1 is 1.22 bits per heavy atom. The molecule has 0 aliphatic carbocycles. The summed E-state index contributed by atoms with van der Waals surface area (Å²) >= 11 is 0. The topological polar surface area (TPSA) is 24.5 Å². The normalized spacial score (nSPS) is 30.4. The number of hydrogen-bond donors (Lipinski definition) is 1. The third-order valence-electron chi connectivity index (χ3n) is 6.45. The van der Waals surface area contributed by atoms with Gasteiger partial charge < -0.3 is 10.1 Å². The Balaban J connectivity index is 1.44. The van der Waals surface area contributed by atoms with E-state index in [9.17, 15) is 0 Å². The van der Waals surface area contributed by atoms with Crippen molar-refractivity contribution in [2.24, 2.45) is 5.92 Å². The molecular formula is C24H34N2O. The first kappa shape index (κ1) is 18.8. The second-order valence-electron chi connectivity index (χ2n) is 9.47. The summed E-state index contributed by atoms with van der Waals surface area (Å²) < 4.78 is 5.89. The molecule has 3 aliphatic heterocycles. The first-order valence-corrected chi connectivity index (χ1v) is 10.5. The maximum atomic E-state index is 5.89. The first-order valence-electron chi connectivity index (χ1n) is 10.5. The summed E-state index contributed by atoms with van der Waals surface area (Å²) in [6, 6.07) is 7.11. The Morgan fingerprint density at radius 3 is 2.85 bits per heavy atom. The fourth-order valence-electron chi connectivity index (χ4n) is 5.02. The fraction of sp³-hybridized carbons (Fsp3) is 0.583. The smallest absolute Gasteiger partial charge is 0.0781 e. The van der Waals surface area contributed by atoms with E-state index in [0.29, 0.717) is 0 Å². The number of allylic oxidation sites excluding steroid dienone is 3. The van der Waals surface area contributed by atoms with Gasteiger partial charge in [-0.05, 0) is 75.6 Å². The molecule has 1 saturated heterocycles. The third-order valence-corrected chi connectivity index (χ3v) is 6.45. The molecule has 1 aromatic carbocycles. The lowest BCUT2D eigenvalue weighted by molar-refractivity contribution is -0.0772. The Hall–Kier alpha value is -1.58. The van der Waals surface area contributed by atoms with Crippen molar-refractivity contribution in [2.45, 2.75) is 64.6 Å². The Labute approximate surface area is 164 Å². The maximum absolute atomic E-state index is 5.89. The van der Waals surface area contributed by atoms with Crippen molar-refractivity contribution in [2.75, 3.05) is 19.7 Å². The van der Waals surface area contributed by atoms with E-state index in [4.69, 9.17) is 4.74 Å². The number of rotatable bonds is 3. The number of nitrogens with one attached hydrogen (secondary N) is 1. The zero-order valence-electron chi connectivity index (χ0n) is 17.3. The lowest BCUT2D eigenvalue weighted by atomic mass is 9.85. The quantitative estimate of drug-likeness (QED) is 0.851. The molecule has 0 amide bonds. The highest BCUT2D eigenvalue weighted by atomic mass is 16.5. The van der Waals surface area contributed by atoms with E-state index < -0.39 is 0 Å². The number of fused-ring (bicyclic) bond motifs is 1. The molecule has 3 nitrogen and oxygen atoms in total. The zero-order valence-corrected chi connectivity index (χ0v) is 17.3. The molecule has 3 heterocycles. The van der Waals surface area contributed by atoms with Gasteiger partial charge in [0.2, 0.25) is 0 Å². The molecule has 0 aromatic heterocycles. The number of hydrogen-bond acceptors (Lipinski definition) is 3. The fourth-order valence-corrected chi connectivity index (χ4v) is 5.02. The van der Waals surface area contributed by atoms with E-state index in [0.717, 1.165) is 25.5 Å². The molecule has 3 aliphatic rings. The Kier molecular flexibility index (Phi) is 4.94. The second kappa shape index (κ2) is 7.10. The summed E-state index contributed by atoms with van der Waals surface area (Å²) in [5.74, 6) is 0.764. The summed E-state index contributed by atoms with van der Waals surface area (Å²) in [4.78, 5) is 2.65. The minimum atomic E-state index is -0.0985. The minimum absolute atomic E-state index is 0.0497. The van der Waals surface area contributed by atoms with Crippen LogP contribution in [-0.4, -0.2) is 30.2 Å². The SMILES string of the molecule is CC1=CC=CC(C)(c2ccc3c(c2)CCN(CC2CCOC(C)(C)C2)C3)N1. The molecule has 27 heavy (non-hydrogen) atoms. The monoisotopic (exact) mass is 366 g/mol. The van der Waals surface area contributed by atoms with E-state index in [-0.39, 0.29) is 11.1 Å². The average Bonchev–Trinajstić information content (AvgIpc) is 2.60. The van der Waals surface area contributed by atoms with Crippen molar-refractivity contribution >= 4 is 0 Å². The van der Waals surface area contributed by atoms with E-state index in [1.807, 2.05) is 0 Å². The third kappa shape index (κ3) is 4.14. The average molecular weight is 367 g/mol. The summed E-state index contributed by atoms with van der Waals surface area (Å²) in [5, 5.41) is 3.64. The highest BCUT2D eigenvalue weighted by Gasteiger charge is 2.31. The summed E-state index contributed by atoms with van der Waals surface area (Å²) in [7, 11) is 0. The van der Waals surface area contributed by atoms with E-state index in [1.165, 1.54) is 48.3 Å².